The average Bonchev–Trinajstić information content (AvgIpc) is 2.76. The first-order valence-corrected chi connectivity index (χ1v) is 13.4. The summed E-state index contributed by atoms with van der Waals surface area (Å²) in [6.07, 6.45) is 5.52. The Kier molecular flexibility index (Phi) is 14.9. The Labute approximate surface area is 202 Å². The molecule has 198 valence electrons. The summed E-state index contributed by atoms with van der Waals surface area (Å²) in [6, 6.07) is 2.58. The van der Waals surface area contributed by atoms with Gasteiger partial charge in [0, 0.05) is 0 Å². The van der Waals surface area contributed by atoms with Crippen molar-refractivity contribution in [1.82, 2.24) is 0 Å². The van der Waals surface area contributed by atoms with Crippen LogP contribution in [0, 0.1) is 0 Å². The van der Waals surface area contributed by atoms with Crippen molar-refractivity contribution in [2.45, 2.75) is 142 Å². The van der Waals surface area contributed by atoms with E-state index in [0.29, 0.717) is 12.8 Å². The van der Waals surface area contributed by atoms with E-state index in [0.717, 1.165) is 77.0 Å². The lowest BCUT2D eigenvalue weighted by atomic mass is 9.89. The summed E-state index contributed by atoms with van der Waals surface area (Å²) in [5, 5.41) is 0. The van der Waals surface area contributed by atoms with Crippen molar-refractivity contribution in [3.8, 4) is 0 Å². The Bertz CT molecular complexity index is 603. The molecule has 0 aliphatic rings. The van der Waals surface area contributed by atoms with Gasteiger partial charge in [0.1, 0.15) is 0 Å². The quantitative estimate of drug-likeness (QED) is 0.141. The van der Waals surface area contributed by atoms with Gasteiger partial charge in [-0.05, 0) is 36.8 Å². The Morgan fingerprint density at radius 1 is 0.441 bits per heavy atom. The van der Waals surface area contributed by atoms with Crippen molar-refractivity contribution >= 4 is 0 Å². The predicted molar refractivity (Wildman–Crippen MR) is 129 cm³/mol. The highest BCUT2D eigenvalue weighted by Gasteiger charge is 2.46. The van der Waals surface area contributed by atoms with E-state index in [1.54, 1.807) is 0 Å². The lowest BCUT2D eigenvalue weighted by molar-refractivity contribution is -0.163. The fraction of sp³-hybridized carbons (Fsp3) is 0.786. The molecule has 0 unspecified atom stereocenters. The molecular weight excluding hydrogens is 450 g/mol. The molecule has 0 spiro atoms. The van der Waals surface area contributed by atoms with E-state index in [-0.39, 0.29) is 24.0 Å². The van der Waals surface area contributed by atoms with Gasteiger partial charge in [-0.1, -0.05) is 116 Å². The zero-order chi connectivity index (χ0) is 25.5. The van der Waals surface area contributed by atoms with Crippen LogP contribution in [0.1, 0.15) is 139 Å². The molecule has 0 aliphatic carbocycles. The van der Waals surface area contributed by atoms with Crippen LogP contribution in [0.25, 0.3) is 0 Å². The monoisotopic (exact) mass is 494 g/mol. The number of aryl methyl sites for hydroxylation is 2. The number of unbranched alkanes of at least 4 members (excludes halogenated alkanes) is 14. The SMILES string of the molecule is CCCCCCCCCCc1ccc(CCCCCCCCCC)c(C(F)(F)F)c1C(F)(F)F. The molecule has 1 rings (SSSR count). The molecule has 0 aliphatic heterocycles. The number of hydrogen-bond donors (Lipinski definition) is 0. The van der Waals surface area contributed by atoms with Gasteiger partial charge in [-0.2, -0.15) is 26.3 Å². The van der Waals surface area contributed by atoms with Crippen LogP contribution in [0.15, 0.2) is 12.1 Å². The van der Waals surface area contributed by atoms with Crippen molar-refractivity contribution < 1.29 is 26.3 Å². The highest BCUT2D eigenvalue weighted by atomic mass is 19.4. The minimum Gasteiger partial charge on any atom is -0.166 e. The zero-order valence-corrected chi connectivity index (χ0v) is 21.2. The fourth-order valence-electron chi connectivity index (χ4n) is 4.65. The summed E-state index contributed by atoms with van der Waals surface area (Å²) in [7, 11) is 0. The second-order valence-electron chi connectivity index (χ2n) is 9.58. The van der Waals surface area contributed by atoms with Gasteiger partial charge in [0.05, 0.1) is 11.1 Å². The van der Waals surface area contributed by atoms with E-state index in [9.17, 15) is 26.3 Å². The molecule has 0 saturated heterocycles. The van der Waals surface area contributed by atoms with E-state index in [4.69, 9.17) is 0 Å². The molecule has 0 amide bonds. The summed E-state index contributed by atoms with van der Waals surface area (Å²) < 4.78 is 83.1. The van der Waals surface area contributed by atoms with Gasteiger partial charge in [-0.3, -0.25) is 0 Å². The molecule has 1 aromatic carbocycles. The van der Waals surface area contributed by atoms with Crippen LogP contribution >= 0.6 is 0 Å². The van der Waals surface area contributed by atoms with Crippen LogP contribution in [0.2, 0.25) is 0 Å². The molecule has 1 aromatic rings. The maximum atomic E-state index is 13.9. The third-order valence-corrected chi connectivity index (χ3v) is 6.54. The van der Waals surface area contributed by atoms with Crippen LogP contribution in [0.3, 0.4) is 0 Å². The van der Waals surface area contributed by atoms with Crippen molar-refractivity contribution in [2.75, 3.05) is 0 Å². The summed E-state index contributed by atoms with van der Waals surface area (Å²) >= 11 is 0. The van der Waals surface area contributed by atoms with Gasteiger partial charge >= 0.3 is 12.4 Å². The third kappa shape index (κ3) is 12.0. The molecule has 34 heavy (non-hydrogen) atoms. The van der Waals surface area contributed by atoms with Gasteiger partial charge < -0.3 is 0 Å². The van der Waals surface area contributed by atoms with Crippen molar-refractivity contribution in [1.29, 1.82) is 0 Å². The summed E-state index contributed by atoms with van der Waals surface area (Å²) in [6.45, 7) is 4.27. The maximum absolute atomic E-state index is 13.9. The lowest BCUT2D eigenvalue weighted by Gasteiger charge is -2.22. The molecule has 0 heterocycles. The molecular formula is C28H44F6. The Morgan fingerprint density at radius 3 is 0.971 bits per heavy atom. The second-order valence-corrected chi connectivity index (χ2v) is 9.58. The molecule has 0 saturated carbocycles. The zero-order valence-electron chi connectivity index (χ0n) is 21.2. The van der Waals surface area contributed by atoms with E-state index in [2.05, 4.69) is 13.8 Å². The van der Waals surface area contributed by atoms with Crippen molar-refractivity contribution in [3.63, 3.8) is 0 Å². The van der Waals surface area contributed by atoms with Gasteiger partial charge in [0.15, 0.2) is 0 Å². The van der Waals surface area contributed by atoms with Gasteiger partial charge in [0.2, 0.25) is 0 Å². The number of rotatable bonds is 18. The molecule has 6 heteroatoms. The summed E-state index contributed by atoms with van der Waals surface area (Å²) in [4.78, 5) is 0. The number of halogens is 6. The maximum Gasteiger partial charge on any atom is 0.417 e. The van der Waals surface area contributed by atoms with Crippen LogP contribution in [-0.2, 0) is 25.2 Å². The van der Waals surface area contributed by atoms with Crippen molar-refractivity contribution in [3.05, 3.63) is 34.4 Å². The smallest absolute Gasteiger partial charge is 0.166 e. The van der Waals surface area contributed by atoms with Crippen LogP contribution in [0.5, 0.6) is 0 Å². The molecule has 0 atom stereocenters. The van der Waals surface area contributed by atoms with Crippen LogP contribution in [0.4, 0.5) is 26.3 Å². The van der Waals surface area contributed by atoms with Gasteiger partial charge in [-0.15, -0.1) is 0 Å². The van der Waals surface area contributed by atoms with E-state index in [1.807, 2.05) is 0 Å². The Morgan fingerprint density at radius 2 is 0.706 bits per heavy atom. The third-order valence-electron chi connectivity index (χ3n) is 6.54. The fourth-order valence-corrected chi connectivity index (χ4v) is 4.65. The van der Waals surface area contributed by atoms with E-state index < -0.39 is 23.5 Å². The molecule has 0 N–H and O–H groups in total. The first-order valence-electron chi connectivity index (χ1n) is 13.4. The predicted octanol–water partition coefficient (Wildman–Crippen LogP) is 11.1. The Balaban J connectivity index is 2.80. The van der Waals surface area contributed by atoms with Crippen molar-refractivity contribution in [2.24, 2.45) is 0 Å². The van der Waals surface area contributed by atoms with E-state index >= 15 is 0 Å². The minimum atomic E-state index is -5.02. The first-order chi connectivity index (χ1) is 16.1. The minimum absolute atomic E-state index is 0.0327. The number of hydrogen-bond acceptors (Lipinski definition) is 0. The number of benzene rings is 1. The molecule has 0 aromatic heterocycles. The summed E-state index contributed by atoms with van der Waals surface area (Å²) in [5.74, 6) is 0. The standard InChI is InChI=1S/C28H44F6/c1-3-5-7-9-11-13-15-17-19-23-21-22-24(20-18-16-14-12-10-8-6-4-2)26(28(32,33)34)25(23)27(29,30)31/h21-22H,3-20H2,1-2H3. The normalized spacial score (nSPS) is 12.5. The van der Waals surface area contributed by atoms with Gasteiger partial charge in [-0.25, -0.2) is 0 Å². The highest BCUT2D eigenvalue weighted by Crippen LogP contribution is 2.44. The topological polar surface area (TPSA) is 0 Å². The largest absolute Gasteiger partial charge is 0.417 e. The molecule has 0 bridgehead atoms. The van der Waals surface area contributed by atoms with E-state index in [1.165, 1.54) is 25.0 Å². The summed E-state index contributed by atoms with van der Waals surface area (Å²) in [5.41, 5.74) is -3.35. The lowest BCUT2D eigenvalue weighted by Crippen LogP contribution is -2.21. The molecule has 0 nitrogen and oxygen atoms in total. The first kappa shape index (κ1) is 30.8. The molecule has 0 fully saturated rings. The molecule has 0 radical (unpaired) electrons. The van der Waals surface area contributed by atoms with Crippen LogP contribution in [-0.4, -0.2) is 0 Å². The Hall–Kier alpha value is -1.20. The van der Waals surface area contributed by atoms with Gasteiger partial charge in [0.25, 0.3) is 0 Å². The van der Waals surface area contributed by atoms with Crippen LogP contribution < -0.4 is 0 Å². The number of alkyl halides is 6. The second kappa shape index (κ2) is 16.5. The highest BCUT2D eigenvalue weighted by molar-refractivity contribution is 5.45. The average molecular weight is 495 g/mol.